The van der Waals surface area contributed by atoms with Gasteiger partial charge in [0.25, 0.3) is 5.91 Å². The summed E-state index contributed by atoms with van der Waals surface area (Å²) < 4.78 is 38.9. The van der Waals surface area contributed by atoms with Gasteiger partial charge in [0, 0.05) is 11.0 Å². The number of carbonyl (C=O) groups is 1. The Morgan fingerprint density at radius 2 is 2.00 bits per heavy atom. The minimum Gasteiger partial charge on any atom is -0.388 e. The van der Waals surface area contributed by atoms with Crippen LogP contribution < -0.4 is 5.32 Å². The van der Waals surface area contributed by atoms with Crippen molar-refractivity contribution in [3.05, 3.63) is 33.8 Å². The van der Waals surface area contributed by atoms with Crippen LogP contribution in [0.25, 0.3) is 0 Å². The molecule has 0 aliphatic rings. The van der Waals surface area contributed by atoms with E-state index in [1.807, 2.05) is 0 Å². The van der Waals surface area contributed by atoms with Gasteiger partial charge in [-0.3, -0.25) is 4.79 Å². The first-order chi connectivity index (χ1) is 9.07. The minimum absolute atomic E-state index is 0.115. The zero-order chi connectivity index (χ0) is 15.6. The van der Waals surface area contributed by atoms with Crippen LogP contribution in [0.15, 0.2) is 22.7 Å². The van der Waals surface area contributed by atoms with Crippen molar-refractivity contribution in [1.82, 2.24) is 5.32 Å². The molecule has 1 atom stereocenters. The van der Waals surface area contributed by atoms with Gasteiger partial charge in [-0.2, -0.15) is 13.2 Å². The minimum atomic E-state index is -4.62. The Kier molecular flexibility index (Phi) is 5.21. The molecule has 0 aliphatic carbocycles. The van der Waals surface area contributed by atoms with Crippen molar-refractivity contribution in [3.8, 4) is 0 Å². The molecule has 0 aromatic heterocycles. The van der Waals surface area contributed by atoms with Crippen molar-refractivity contribution in [2.24, 2.45) is 0 Å². The third-order valence-corrected chi connectivity index (χ3v) is 3.42. The number of amides is 1. The molecule has 0 heterocycles. The molecule has 1 rings (SSSR count). The van der Waals surface area contributed by atoms with Gasteiger partial charge in [0.05, 0.1) is 16.7 Å². The van der Waals surface area contributed by atoms with E-state index in [-0.39, 0.29) is 11.0 Å². The number of benzene rings is 1. The summed E-state index contributed by atoms with van der Waals surface area (Å²) in [6, 6.07) is 3.32. The van der Waals surface area contributed by atoms with Gasteiger partial charge in [0.15, 0.2) is 0 Å². The van der Waals surface area contributed by atoms with Crippen molar-refractivity contribution in [2.45, 2.75) is 32.0 Å². The summed E-state index contributed by atoms with van der Waals surface area (Å²) in [5.74, 6) is -0.862. The Morgan fingerprint density at radius 1 is 1.40 bits per heavy atom. The maximum Gasteiger partial charge on any atom is 0.417 e. The van der Waals surface area contributed by atoms with Crippen molar-refractivity contribution >= 4 is 21.8 Å². The lowest BCUT2D eigenvalue weighted by Gasteiger charge is -2.22. The van der Waals surface area contributed by atoms with Crippen molar-refractivity contribution in [3.63, 3.8) is 0 Å². The predicted molar refractivity (Wildman–Crippen MR) is 72.4 cm³/mol. The number of alkyl halides is 3. The summed E-state index contributed by atoms with van der Waals surface area (Å²) in [4.78, 5) is 11.8. The molecular weight excluding hydrogens is 339 g/mol. The Hall–Kier alpha value is -1.08. The Labute approximate surface area is 123 Å². The quantitative estimate of drug-likeness (QED) is 0.871. The molecule has 0 bridgehead atoms. The molecule has 20 heavy (non-hydrogen) atoms. The second-order valence-electron chi connectivity index (χ2n) is 4.72. The van der Waals surface area contributed by atoms with Crippen molar-refractivity contribution in [2.75, 3.05) is 6.54 Å². The normalized spacial score (nSPS) is 14.8. The second kappa shape index (κ2) is 6.13. The van der Waals surface area contributed by atoms with Gasteiger partial charge < -0.3 is 10.4 Å². The fourth-order valence-corrected chi connectivity index (χ4v) is 1.80. The molecule has 1 amide bonds. The molecule has 0 aliphatic heterocycles. The molecule has 0 fully saturated rings. The maximum atomic E-state index is 12.9. The van der Waals surface area contributed by atoms with Crippen LogP contribution in [0.3, 0.4) is 0 Å². The highest BCUT2D eigenvalue weighted by molar-refractivity contribution is 9.10. The van der Waals surface area contributed by atoms with Gasteiger partial charge in [0.1, 0.15) is 0 Å². The average Bonchev–Trinajstić information content (AvgIpc) is 2.35. The first kappa shape index (κ1) is 17.0. The van der Waals surface area contributed by atoms with E-state index in [1.54, 1.807) is 6.92 Å². The summed E-state index contributed by atoms with van der Waals surface area (Å²) in [6.07, 6.45) is -4.25. The first-order valence-corrected chi connectivity index (χ1v) is 6.73. The first-order valence-electron chi connectivity index (χ1n) is 5.94. The number of halogens is 4. The number of aliphatic hydroxyl groups is 1. The van der Waals surface area contributed by atoms with Crippen LogP contribution in [0.2, 0.25) is 0 Å². The van der Waals surface area contributed by atoms with E-state index >= 15 is 0 Å². The summed E-state index contributed by atoms with van der Waals surface area (Å²) >= 11 is 2.95. The van der Waals surface area contributed by atoms with Gasteiger partial charge >= 0.3 is 6.18 Å². The van der Waals surface area contributed by atoms with Crippen molar-refractivity contribution in [1.29, 1.82) is 0 Å². The summed E-state index contributed by atoms with van der Waals surface area (Å²) in [5.41, 5.74) is -2.63. The monoisotopic (exact) mass is 353 g/mol. The molecule has 112 valence electrons. The van der Waals surface area contributed by atoms with Crippen LogP contribution in [0.5, 0.6) is 0 Å². The SMILES string of the molecule is CCC(C)(O)CNC(=O)c1ccc(Br)cc1C(F)(F)F. The van der Waals surface area contributed by atoms with Crippen LogP contribution in [0.4, 0.5) is 13.2 Å². The van der Waals surface area contributed by atoms with E-state index in [9.17, 15) is 23.1 Å². The van der Waals surface area contributed by atoms with E-state index in [2.05, 4.69) is 21.2 Å². The molecule has 0 radical (unpaired) electrons. The second-order valence-corrected chi connectivity index (χ2v) is 5.64. The molecule has 1 aromatic rings. The molecular formula is C13H15BrF3NO2. The van der Waals surface area contributed by atoms with Gasteiger partial charge in [0.2, 0.25) is 0 Å². The maximum absolute atomic E-state index is 12.9. The van der Waals surface area contributed by atoms with Gasteiger partial charge in [-0.1, -0.05) is 22.9 Å². The molecule has 0 spiro atoms. The van der Waals surface area contributed by atoms with Crippen LogP contribution >= 0.6 is 15.9 Å². The lowest BCUT2D eigenvalue weighted by Crippen LogP contribution is -2.40. The lowest BCUT2D eigenvalue weighted by molar-refractivity contribution is -0.138. The highest BCUT2D eigenvalue weighted by Crippen LogP contribution is 2.33. The molecule has 7 heteroatoms. The molecule has 1 aromatic carbocycles. The van der Waals surface area contributed by atoms with Gasteiger partial charge in [-0.25, -0.2) is 0 Å². The number of nitrogens with one attached hydrogen (secondary N) is 1. The summed E-state index contributed by atoms with van der Waals surface area (Å²) in [6.45, 7) is 3.10. The largest absolute Gasteiger partial charge is 0.417 e. The number of rotatable bonds is 4. The zero-order valence-electron chi connectivity index (χ0n) is 11.0. The summed E-state index contributed by atoms with van der Waals surface area (Å²) in [5, 5.41) is 12.1. The zero-order valence-corrected chi connectivity index (χ0v) is 12.6. The standard InChI is InChI=1S/C13H15BrF3NO2/c1-3-12(2,20)7-18-11(19)9-5-4-8(14)6-10(9)13(15,16)17/h4-6,20H,3,7H2,1-2H3,(H,18,19). The fraction of sp³-hybridized carbons (Fsp3) is 0.462. The van der Waals surface area contributed by atoms with E-state index < -0.39 is 28.8 Å². The smallest absolute Gasteiger partial charge is 0.388 e. The Morgan fingerprint density at radius 3 is 2.50 bits per heavy atom. The van der Waals surface area contributed by atoms with Crippen LogP contribution in [0.1, 0.15) is 36.2 Å². The van der Waals surface area contributed by atoms with E-state index in [0.29, 0.717) is 6.42 Å². The van der Waals surface area contributed by atoms with E-state index in [1.165, 1.54) is 13.0 Å². The lowest BCUT2D eigenvalue weighted by atomic mass is 10.0. The van der Waals surface area contributed by atoms with Crippen LogP contribution in [0, 0.1) is 0 Å². The summed E-state index contributed by atoms with van der Waals surface area (Å²) in [7, 11) is 0. The predicted octanol–water partition coefficient (Wildman–Crippen LogP) is 3.36. The van der Waals surface area contributed by atoms with Crippen LogP contribution in [-0.4, -0.2) is 23.2 Å². The Bertz CT molecular complexity index is 501. The number of hydrogen-bond acceptors (Lipinski definition) is 2. The average molecular weight is 354 g/mol. The molecule has 2 N–H and O–H groups in total. The number of hydrogen-bond donors (Lipinski definition) is 2. The van der Waals surface area contributed by atoms with E-state index in [4.69, 9.17) is 0 Å². The highest BCUT2D eigenvalue weighted by Gasteiger charge is 2.35. The van der Waals surface area contributed by atoms with Gasteiger partial charge in [-0.15, -0.1) is 0 Å². The topological polar surface area (TPSA) is 49.3 Å². The highest BCUT2D eigenvalue weighted by atomic mass is 79.9. The van der Waals surface area contributed by atoms with Crippen molar-refractivity contribution < 1.29 is 23.1 Å². The van der Waals surface area contributed by atoms with Gasteiger partial charge in [-0.05, 0) is 31.5 Å². The molecule has 3 nitrogen and oxygen atoms in total. The molecule has 1 unspecified atom stereocenters. The number of carbonyl (C=O) groups excluding carboxylic acids is 1. The third-order valence-electron chi connectivity index (χ3n) is 2.92. The Balaban J connectivity index is 2.99. The van der Waals surface area contributed by atoms with E-state index in [0.717, 1.165) is 12.1 Å². The third kappa shape index (κ3) is 4.49. The van der Waals surface area contributed by atoms with Crippen LogP contribution in [-0.2, 0) is 6.18 Å². The molecule has 0 saturated carbocycles. The molecule has 0 saturated heterocycles. The fourth-order valence-electron chi connectivity index (χ4n) is 1.44.